The van der Waals surface area contributed by atoms with E-state index in [1.54, 1.807) is 0 Å². The summed E-state index contributed by atoms with van der Waals surface area (Å²) < 4.78 is 11.5. The van der Waals surface area contributed by atoms with Crippen LogP contribution in [0, 0.1) is 0 Å². The van der Waals surface area contributed by atoms with Gasteiger partial charge in [-0.2, -0.15) is 0 Å². The highest BCUT2D eigenvalue weighted by atomic mass is 32.1. The van der Waals surface area contributed by atoms with Gasteiger partial charge in [-0.1, -0.05) is 152 Å². The van der Waals surface area contributed by atoms with Crippen molar-refractivity contribution in [3.8, 4) is 62.1 Å². The van der Waals surface area contributed by atoms with E-state index >= 15 is 0 Å². The summed E-state index contributed by atoms with van der Waals surface area (Å²) in [5, 5.41) is 6.96. The van der Waals surface area contributed by atoms with Crippen LogP contribution < -0.4 is 0 Å². The highest BCUT2D eigenvalue weighted by Gasteiger charge is 2.21. The number of benzene rings is 9. The summed E-state index contributed by atoms with van der Waals surface area (Å²) >= 11 is 1.84. The van der Waals surface area contributed by atoms with E-state index in [9.17, 15) is 0 Å². The van der Waals surface area contributed by atoms with Crippen LogP contribution in [0.1, 0.15) is 0 Å². The van der Waals surface area contributed by atoms with Gasteiger partial charge < -0.3 is 8.98 Å². The number of fused-ring (bicyclic) bond motifs is 9. The van der Waals surface area contributed by atoms with Crippen molar-refractivity contribution in [1.82, 2.24) is 19.5 Å². The Balaban J connectivity index is 1.00. The number of nitrogens with zero attached hydrogens (tertiary/aromatic N) is 4. The molecule has 0 aliphatic rings. The smallest absolute Gasteiger partial charge is 0.164 e. The quantitative estimate of drug-likeness (QED) is 0.168. The summed E-state index contributed by atoms with van der Waals surface area (Å²) in [7, 11) is 0. The summed E-state index contributed by atoms with van der Waals surface area (Å²) in [5.41, 5.74) is 12.4. The van der Waals surface area contributed by atoms with Crippen molar-refractivity contribution in [3.05, 3.63) is 206 Å². The standard InChI is InChI=1S/C57H34N4OS/c1-3-15-35(16-4-1)40-23-13-29-50-53(40)54-41(24-14-30-51(54)63-50)37-31-32-48-45(34-37)52-44(25-12-28-49(52)62-48)57-59-55(36-17-5-2-6-18-36)58-56(60-57)38-19-11-20-39(33-38)61-46-26-9-7-21-42(46)43-22-8-10-27-47(43)61/h1-34H. The third kappa shape index (κ3) is 5.73. The van der Waals surface area contributed by atoms with Crippen molar-refractivity contribution in [1.29, 1.82) is 0 Å². The number of furan rings is 1. The maximum absolute atomic E-state index is 6.61. The minimum absolute atomic E-state index is 0.582. The summed E-state index contributed by atoms with van der Waals surface area (Å²) in [6.07, 6.45) is 0. The van der Waals surface area contributed by atoms with Crippen molar-refractivity contribution in [3.63, 3.8) is 0 Å². The van der Waals surface area contributed by atoms with Crippen LogP contribution in [0.3, 0.4) is 0 Å². The highest BCUT2D eigenvalue weighted by molar-refractivity contribution is 7.26. The Bertz CT molecular complexity index is 3870. The monoisotopic (exact) mass is 822 g/mol. The lowest BCUT2D eigenvalue weighted by Crippen LogP contribution is -2.01. The molecule has 0 aliphatic heterocycles. The molecule has 0 amide bonds. The maximum Gasteiger partial charge on any atom is 0.164 e. The van der Waals surface area contributed by atoms with Crippen molar-refractivity contribution >= 4 is 75.3 Å². The van der Waals surface area contributed by atoms with Gasteiger partial charge in [0.1, 0.15) is 11.2 Å². The van der Waals surface area contributed by atoms with Gasteiger partial charge in [0.25, 0.3) is 0 Å². The minimum atomic E-state index is 0.582. The van der Waals surface area contributed by atoms with Crippen LogP contribution in [0.4, 0.5) is 0 Å². The second kappa shape index (κ2) is 14.2. The Hall–Kier alpha value is -8.19. The van der Waals surface area contributed by atoms with E-state index in [4.69, 9.17) is 19.4 Å². The van der Waals surface area contributed by atoms with Gasteiger partial charge >= 0.3 is 0 Å². The third-order valence-corrected chi connectivity index (χ3v) is 13.4. The third-order valence-electron chi connectivity index (χ3n) is 12.3. The number of hydrogen-bond acceptors (Lipinski definition) is 5. The molecule has 0 bridgehead atoms. The number of aromatic nitrogens is 4. The van der Waals surface area contributed by atoms with Crippen molar-refractivity contribution in [2.45, 2.75) is 0 Å². The molecule has 13 aromatic rings. The molecule has 4 heterocycles. The van der Waals surface area contributed by atoms with Gasteiger partial charge in [0, 0.05) is 64.1 Å². The molecular weight excluding hydrogens is 789 g/mol. The highest BCUT2D eigenvalue weighted by Crippen LogP contribution is 2.46. The molecule has 0 unspecified atom stereocenters. The van der Waals surface area contributed by atoms with Crippen LogP contribution in [-0.4, -0.2) is 19.5 Å². The fourth-order valence-electron chi connectivity index (χ4n) is 9.47. The molecule has 0 fully saturated rings. The Morgan fingerprint density at radius 2 is 0.905 bits per heavy atom. The molecule has 0 atom stereocenters. The van der Waals surface area contributed by atoms with E-state index in [-0.39, 0.29) is 0 Å². The number of para-hydroxylation sites is 2. The number of rotatable bonds is 6. The number of hydrogen-bond donors (Lipinski definition) is 0. The van der Waals surface area contributed by atoms with Crippen molar-refractivity contribution in [2.75, 3.05) is 0 Å². The Morgan fingerprint density at radius 1 is 0.349 bits per heavy atom. The molecule has 0 spiro atoms. The number of thiophene rings is 1. The Morgan fingerprint density at radius 3 is 1.62 bits per heavy atom. The first kappa shape index (κ1) is 35.6. The fourth-order valence-corrected chi connectivity index (χ4v) is 10.6. The normalized spacial score (nSPS) is 11.8. The molecule has 0 aliphatic carbocycles. The SMILES string of the molecule is c1ccc(-c2nc(-c3cccc(-n4c5ccccc5c5ccccc54)c3)nc(-c3cccc4oc5ccc(-c6cccc7sc8cccc(-c9ccccc9)c8c67)cc5c34)n2)cc1. The van der Waals surface area contributed by atoms with E-state index in [1.165, 1.54) is 47.6 Å². The van der Waals surface area contributed by atoms with Gasteiger partial charge in [0.15, 0.2) is 17.5 Å². The molecule has 63 heavy (non-hydrogen) atoms. The summed E-state index contributed by atoms with van der Waals surface area (Å²) in [5.74, 6) is 1.78. The summed E-state index contributed by atoms with van der Waals surface area (Å²) in [6.45, 7) is 0. The van der Waals surface area contributed by atoms with Crippen LogP contribution in [0.5, 0.6) is 0 Å². The molecule has 294 valence electrons. The lowest BCUT2D eigenvalue weighted by molar-refractivity contribution is 0.669. The Kier molecular flexibility index (Phi) is 8.01. The summed E-state index contributed by atoms with van der Waals surface area (Å²) in [6, 6.07) is 72.6. The molecule has 0 saturated heterocycles. The molecule has 0 N–H and O–H groups in total. The molecular formula is C57H34N4OS. The zero-order valence-electron chi connectivity index (χ0n) is 33.7. The van der Waals surface area contributed by atoms with E-state index in [0.29, 0.717) is 17.5 Å². The first-order chi connectivity index (χ1) is 31.2. The van der Waals surface area contributed by atoms with Crippen LogP contribution >= 0.6 is 11.3 Å². The van der Waals surface area contributed by atoms with Gasteiger partial charge in [0.05, 0.1) is 11.0 Å². The zero-order valence-corrected chi connectivity index (χ0v) is 34.6. The van der Waals surface area contributed by atoms with Gasteiger partial charge in [0.2, 0.25) is 0 Å². The van der Waals surface area contributed by atoms with Gasteiger partial charge in [-0.05, 0) is 76.9 Å². The van der Waals surface area contributed by atoms with Gasteiger partial charge in [-0.25, -0.2) is 15.0 Å². The first-order valence-electron chi connectivity index (χ1n) is 21.1. The summed E-state index contributed by atoms with van der Waals surface area (Å²) in [4.78, 5) is 15.7. The second-order valence-corrected chi connectivity index (χ2v) is 17.0. The van der Waals surface area contributed by atoms with Crippen LogP contribution in [0.25, 0.3) is 126 Å². The van der Waals surface area contributed by atoms with Crippen LogP contribution in [0.2, 0.25) is 0 Å². The first-order valence-corrected chi connectivity index (χ1v) is 21.9. The van der Waals surface area contributed by atoms with E-state index < -0.39 is 0 Å². The molecule has 9 aromatic carbocycles. The topological polar surface area (TPSA) is 56.7 Å². The predicted molar refractivity (Wildman–Crippen MR) is 262 cm³/mol. The van der Waals surface area contributed by atoms with Crippen LogP contribution in [-0.2, 0) is 0 Å². The largest absolute Gasteiger partial charge is 0.456 e. The van der Waals surface area contributed by atoms with Crippen LogP contribution in [0.15, 0.2) is 211 Å². The predicted octanol–water partition coefficient (Wildman–Crippen LogP) is 15.6. The van der Waals surface area contributed by atoms with Crippen molar-refractivity contribution in [2.24, 2.45) is 0 Å². The van der Waals surface area contributed by atoms with E-state index in [0.717, 1.165) is 60.9 Å². The van der Waals surface area contributed by atoms with Gasteiger partial charge in [-0.15, -0.1) is 11.3 Å². The second-order valence-electron chi connectivity index (χ2n) is 15.9. The average molecular weight is 823 g/mol. The molecule has 6 heteroatoms. The molecule has 5 nitrogen and oxygen atoms in total. The Labute approximate surface area is 365 Å². The van der Waals surface area contributed by atoms with Crippen molar-refractivity contribution < 1.29 is 4.42 Å². The minimum Gasteiger partial charge on any atom is -0.456 e. The van der Waals surface area contributed by atoms with E-state index in [1.807, 2.05) is 41.7 Å². The fraction of sp³-hybridized carbons (Fsp3) is 0. The zero-order chi connectivity index (χ0) is 41.4. The molecule has 0 radical (unpaired) electrons. The molecule has 0 saturated carbocycles. The molecule has 13 rings (SSSR count). The maximum atomic E-state index is 6.61. The van der Waals surface area contributed by atoms with Gasteiger partial charge in [-0.3, -0.25) is 0 Å². The molecule has 4 aromatic heterocycles. The van der Waals surface area contributed by atoms with E-state index in [2.05, 4.69) is 180 Å². The lowest BCUT2D eigenvalue weighted by atomic mass is 9.94. The average Bonchev–Trinajstić information content (AvgIpc) is 4.04. The lowest BCUT2D eigenvalue weighted by Gasteiger charge is -2.12.